The maximum absolute atomic E-state index is 12.1. The molecule has 104 valence electrons. The summed E-state index contributed by atoms with van der Waals surface area (Å²) in [6.45, 7) is 0.535. The Balaban J connectivity index is 1.53. The number of hydrogen-bond donors (Lipinski definition) is 0. The van der Waals surface area contributed by atoms with E-state index in [1.807, 2.05) is 0 Å². The molecule has 0 aromatic heterocycles. The van der Waals surface area contributed by atoms with Gasteiger partial charge in [0.05, 0.1) is 23.7 Å². The predicted octanol–water partition coefficient (Wildman–Crippen LogP) is 1.63. The summed E-state index contributed by atoms with van der Waals surface area (Å²) in [6, 6.07) is 6.79. The van der Waals surface area contributed by atoms with Crippen LogP contribution >= 0.6 is 0 Å². The molecule has 1 aliphatic heterocycles. The lowest BCUT2D eigenvalue weighted by molar-refractivity contribution is -0.145. The molecule has 0 spiro atoms. The number of fused-ring (bicyclic) bond motifs is 1. The average molecular weight is 273 g/mol. The van der Waals surface area contributed by atoms with E-state index in [1.165, 1.54) is 4.90 Å². The van der Waals surface area contributed by atoms with Crippen LogP contribution in [0.5, 0.6) is 0 Å². The maximum atomic E-state index is 12.1. The van der Waals surface area contributed by atoms with Gasteiger partial charge in [-0.05, 0) is 31.4 Å². The third-order valence-electron chi connectivity index (χ3n) is 3.56. The van der Waals surface area contributed by atoms with Crippen LogP contribution in [0.15, 0.2) is 24.3 Å². The minimum absolute atomic E-state index is 0.0781. The number of nitrogens with zero attached hydrogens (tertiary/aromatic N) is 1. The Morgan fingerprint density at radius 2 is 1.75 bits per heavy atom. The van der Waals surface area contributed by atoms with Gasteiger partial charge in [-0.1, -0.05) is 12.1 Å². The number of hydrogen-bond acceptors (Lipinski definition) is 4. The van der Waals surface area contributed by atoms with Crippen molar-refractivity contribution in [3.05, 3.63) is 35.4 Å². The van der Waals surface area contributed by atoms with Crippen molar-refractivity contribution in [3.63, 3.8) is 0 Å². The average Bonchev–Trinajstić information content (AvgIpc) is 3.27. The summed E-state index contributed by atoms with van der Waals surface area (Å²) in [7, 11) is 0. The lowest BCUT2D eigenvalue weighted by Crippen LogP contribution is -2.31. The van der Waals surface area contributed by atoms with E-state index in [1.54, 1.807) is 24.3 Å². The Bertz CT molecular complexity index is 542. The molecule has 1 saturated carbocycles. The molecule has 2 amide bonds. The van der Waals surface area contributed by atoms with Crippen LogP contribution in [0.3, 0.4) is 0 Å². The van der Waals surface area contributed by atoms with Crippen LogP contribution in [0.25, 0.3) is 0 Å². The summed E-state index contributed by atoms with van der Waals surface area (Å²) in [5.74, 6) is -0.611. The molecule has 0 saturated heterocycles. The molecule has 5 heteroatoms. The van der Waals surface area contributed by atoms with Crippen LogP contribution in [0.4, 0.5) is 0 Å². The smallest absolute Gasteiger partial charge is 0.308 e. The number of rotatable bonds is 5. The molecule has 1 aliphatic carbocycles. The van der Waals surface area contributed by atoms with Crippen molar-refractivity contribution in [1.82, 2.24) is 4.90 Å². The summed E-state index contributed by atoms with van der Waals surface area (Å²) in [4.78, 5) is 36.7. The molecule has 1 fully saturated rings. The van der Waals surface area contributed by atoms with Crippen LogP contribution in [0.2, 0.25) is 0 Å². The molecule has 20 heavy (non-hydrogen) atoms. The molecule has 5 nitrogen and oxygen atoms in total. The summed E-state index contributed by atoms with van der Waals surface area (Å²) < 4.78 is 5.09. The van der Waals surface area contributed by atoms with E-state index in [9.17, 15) is 14.4 Å². The minimum atomic E-state index is -0.265. The van der Waals surface area contributed by atoms with Crippen LogP contribution in [-0.2, 0) is 9.53 Å². The standard InChI is InChI=1S/C15H15NO4/c17-13-11-4-1-2-5-12(11)14(18)16(13)8-3-9-20-15(19)10-6-7-10/h1-2,4-5,10H,3,6-9H2. The highest BCUT2D eigenvalue weighted by atomic mass is 16.5. The second-order valence-corrected chi connectivity index (χ2v) is 5.10. The van der Waals surface area contributed by atoms with Gasteiger partial charge in [0.25, 0.3) is 11.8 Å². The Hall–Kier alpha value is -2.17. The van der Waals surface area contributed by atoms with Gasteiger partial charge in [0.15, 0.2) is 0 Å². The first-order valence-electron chi connectivity index (χ1n) is 6.80. The molecule has 2 aliphatic rings. The molecule has 0 radical (unpaired) electrons. The van der Waals surface area contributed by atoms with Gasteiger partial charge in [-0.2, -0.15) is 0 Å². The highest BCUT2D eigenvalue weighted by Crippen LogP contribution is 2.30. The van der Waals surface area contributed by atoms with Gasteiger partial charge >= 0.3 is 5.97 Å². The summed E-state index contributed by atoms with van der Waals surface area (Å²) in [5, 5.41) is 0. The molecule has 1 aromatic carbocycles. The Labute approximate surface area is 116 Å². The van der Waals surface area contributed by atoms with Crippen LogP contribution in [-0.4, -0.2) is 35.8 Å². The quantitative estimate of drug-likeness (QED) is 0.464. The number of carbonyl (C=O) groups is 3. The minimum Gasteiger partial charge on any atom is -0.465 e. The lowest BCUT2D eigenvalue weighted by atomic mass is 10.1. The Kier molecular flexibility index (Phi) is 3.26. The van der Waals surface area contributed by atoms with Crippen LogP contribution in [0, 0.1) is 5.92 Å². The molecular weight excluding hydrogens is 258 g/mol. The third-order valence-corrected chi connectivity index (χ3v) is 3.56. The monoisotopic (exact) mass is 273 g/mol. The van der Waals surface area contributed by atoms with Crippen molar-refractivity contribution >= 4 is 17.8 Å². The van der Waals surface area contributed by atoms with Gasteiger partial charge in [0.1, 0.15) is 0 Å². The Morgan fingerprint density at radius 1 is 1.15 bits per heavy atom. The van der Waals surface area contributed by atoms with Gasteiger partial charge in [-0.25, -0.2) is 0 Å². The molecule has 3 rings (SSSR count). The number of carbonyl (C=O) groups excluding carboxylic acids is 3. The van der Waals surface area contributed by atoms with Crippen LogP contribution in [0.1, 0.15) is 40.0 Å². The SMILES string of the molecule is O=C(OCCCN1C(=O)c2ccccc2C1=O)C1CC1. The number of amides is 2. The number of esters is 1. The van der Waals surface area contributed by atoms with Crippen molar-refractivity contribution < 1.29 is 19.1 Å². The van der Waals surface area contributed by atoms with E-state index >= 15 is 0 Å². The molecule has 1 heterocycles. The molecule has 0 bridgehead atoms. The molecule has 1 aromatic rings. The predicted molar refractivity (Wildman–Crippen MR) is 70.1 cm³/mol. The van der Waals surface area contributed by atoms with Crippen molar-refractivity contribution in [3.8, 4) is 0 Å². The Morgan fingerprint density at radius 3 is 2.30 bits per heavy atom. The van der Waals surface area contributed by atoms with Gasteiger partial charge in [0, 0.05) is 6.54 Å². The zero-order chi connectivity index (χ0) is 14.1. The van der Waals surface area contributed by atoms with Gasteiger partial charge < -0.3 is 4.74 Å². The first-order valence-corrected chi connectivity index (χ1v) is 6.80. The number of ether oxygens (including phenoxy) is 1. The normalized spacial score (nSPS) is 17.3. The fraction of sp³-hybridized carbons (Fsp3) is 0.400. The lowest BCUT2D eigenvalue weighted by Gasteiger charge is -2.13. The van der Waals surface area contributed by atoms with E-state index in [4.69, 9.17) is 4.74 Å². The second kappa shape index (κ2) is 5.07. The first-order chi connectivity index (χ1) is 9.68. The third kappa shape index (κ3) is 2.31. The largest absolute Gasteiger partial charge is 0.465 e. The van der Waals surface area contributed by atoms with E-state index < -0.39 is 0 Å². The molecular formula is C15H15NO4. The summed E-state index contributed by atoms with van der Waals surface area (Å²) >= 11 is 0. The van der Waals surface area contributed by atoms with E-state index in [0.717, 1.165) is 12.8 Å². The first kappa shape index (κ1) is 12.8. The van der Waals surface area contributed by atoms with E-state index in [0.29, 0.717) is 17.5 Å². The maximum Gasteiger partial charge on any atom is 0.308 e. The fourth-order valence-corrected chi connectivity index (χ4v) is 2.27. The second-order valence-electron chi connectivity index (χ2n) is 5.10. The van der Waals surface area contributed by atoms with Crippen molar-refractivity contribution in [2.24, 2.45) is 5.92 Å². The van der Waals surface area contributed by atoms with Gasteiger partial charge in [-0.3, -0.25) is 19.3 Å². The summed E-state index contributed by atoms with van der Waals surface area (Å²) in [6.07, 6.45) is 2.30. The fourth-order valence-electron chi connectivity index (χ4n) is 2.27. The van der Waals surface area contributed by atoms with Crippen molar-refractivity contribution in [1.29, 1.82) is 0 Å². The zero-order valence-electron chi connectivity index (χ0n) is 11.0. The molecule has 0 atom stereocenters. The van der Waals surface area contributed by atoms with Gasteiger partial charge in [0.2, 0.25) is 0 Å². The molecule has 0 unspecified atom stereocenters. The van der Waals surface area contributed by atoms with Crippen molar-refractivity contribution in [2.75, 3.05) is 13.2 Å². The number of imide groups is 1. The molecule has 0 N–H and O–H groups in total. The number of benzene rings is 1. The van der Waals surface area contributed by atoms with E-state index in [-0.39, 0.29) is 36.9 Å². The topological polar surface area (TPSA) is 63.7 Å². The zero-order valence-corrected chi connectivity index (χ0v) is 11.0. The van der Waals surface area contributed by atoms with Crippen LogP contribution < -0.4 is 0 Å². The van der Waals surface area contributed by atoms with Crippen molar-refractivity contribution in [2.45, 2.75) is 19.3 Å². The highest BCUT2D eigenvalue weighted by molar-refractivity contribution is 6.21. The highest BCUT2D eigenvalue weighted by Gasteiger charge is 2.35. The van der Waals surface area contributed by atoms with E-state index in [2.05, 4.69) is 0 Å². The summed E-state index contributed by atoms with van der Waals surface area (Å²) in [5.41, 5.74) is 0.903. The van der Waals surface area contributed by atoms with Gasteiger partial charge in [-0.15, -0.1) is 0 Å².